The smallest absolute Gasteiger partial charge is 0.309 e. The Labute approximate surface area is 91.1 Å². The summed E-state index contributed by atoms with van der Waals surface area (Å²) in [5, 5.41) is 18.2. The van der Waals surface area contributed by atoms with Crippen LogP contribution >= 0.6 is 0 Å². The van der Waals surface area contributed by atoms with Crippen LogP contribution in [-0.4, -0.2) is 11.1 Å². The van der Waals surface area contributed by atoms with Crippen molar-refractivity contribution in [1.82, 2.24) is 0 Å². The molecule has 3 nitrogen and oxygen atoms in total. The van der Waals surface area contributed by atoms with Crippen molar-refractivity contribution in [3.8, 4) is 6.07 Å². The number of hydrogen-bond donors (Lipinski definition) is 1. The molecule has 1 saturated carbocycles. The van der Waals surface area contributed by atoms with Gasteiger partial charge in [0.05, 0.1) is 17.4 Å². The van der Waals surface area contributed by atoms with E-state index in [1.54, 1.807) is 13.8 Å². The zero-order chi connectivity index (χ0) is 11.6. The molecule has 0 bridgehead atoms. The lowest BCUT2D eigenvalue weighted by atomic mass is 9.63. The average Bonchev–Trinajstić information content (AvgIpc) is 2.17. The highest BCUT2D eigenvalue weighted by atomic mass is 16.4. The lowest BCUT2D eigenvalue weighted by molar-refractivity contribution is -0.152. The number of hydrogen-bond acceptors (Lipinski definition) is 2. The molecule has 1 N–H and O–H groups in total. The molecule has 1 rings (SSSR count). The van der Waals surface area contributed by atoms with Crippen LogP contribution in [0.5, 0.6) is 0 Å². The number of carboxylic acids is 1. The normalized spacial score (nSPS) is 32.0. The Bertz CT molecular complexity index is 290. The second-order valence-corrected chi connectivity index (χ2v) is 5.29. The van der Waals surface area contributed by atoms with Gasteiger partial charge in [-0.3, -0.25) is 4.79 Å². The van der Waals surface area contributed by atoms with Crippen molar-refractivity contribution in [3.63, 3.8) is 0 Å². The molecule has 3 heteroatoms. The molecular weight excluding hydrogens is 190 g/mol. The molecule has 0 radical (unpaired) electrons. The summed E-state index contributed by atoms with van der Waals surface area (Å²) < 4.78 is 0. The predicted molar refractivity (Wildman–Crippen MR) is 57.0 cm³/mol. The molecule has 15 heavy (non-hydrogen) atoms. The van der Waals surface area contributed by atoms with Gasteiger partial charge in [-0.15, -0.1) is 0 Å². The van der Waals surface area contributed by atoms with Crippen LogP contribution < -0.4 is 0 Å². The zero-order valence-corrected chi connectivity index (χ0v) is 9.66. The number of carbonyl (C=O) groups is 1. The van der Waals surface area contributed by atoms with Crippen LogP contribution in [0, 0.1) is 34.5 Å². The standard InChI is InChI=1S/C12H19NO2/c1-8-4-5-9(7-13)10(6-8)12(2,3)11(14)15/h8-10H,4-6H2,1-3H3,(H,14,15). The summed E-state index contributed by atoms with van der Waals surface area (Å²) in [5.41, 5.74) is -0.783. The van der Waals surface area contributed by atoms with E-state index in [0.717, 1.165) is 19.3 Å². The van der Waals surface area contributed by atoms with Crippen molar-refractivity contribution in [2.75, 3.05) is 0 Å². The Hall–Kier alpha value is -1.04. The van der Waals surface area contributed by atoms with Crippen molar-refractivity contribution in [1.29, 1.82) is 5.26 Å². The summed E-state index contributed by atoms with van der Waals surface area (Å²) in [4.78, 5) is 11.2. The Balaban J connectivity index is 2.89. The van der Waals surface area contributed by atoms with Crippen molar-refractivity contribution in [2.45, 2.75) is 40.0 Å². The van der Waals surface area contributed by atoms with Gasteiger partial charge in [-0.2, -0.15) is 5.26 Å². The van der Waals surface area contributed by atoms with E-state index in [2.05, 4.69) is 13.0 Å². The third-order valence-corrected chi connectivity index (χ3v) is 3.76. The van der Waals surface area contributed by atoms with Gasteiger partial charge in [0, 0.05) is 0 Å². The fourth-order valence-electron chi connectivity index (χ4n) is 2.49. The first kappa shape index (κ1) is 12.0. The van der Waals surface area contributed by atoms with Crippen LogP contribution in [0.25, 0.3) is 0 Å². The molecule has 3 unspecified atom stereocenters. The van der Waals surface area contributed by atoms with Crippen molar-refractivity contribution in [3.05, 3.63) is 0 Å². The van der Waals surface area contributed by atoms with Crippen LogP contribution in [-0.2, 0) is 4.79 Å². The van der Waals surface area contributed by atoms with Gasteiger partial charge in [-0.25, -0.2) is 0 Å². The van der Waals surface area contributed by atoms with Gasteiger partial charge in [0.1, 0.15) is 0 Å². The first-order valence-electron chi connectivity index (χ1n) is 5.52. The second kappa shape index (κ2) is 4.22. The molecule has 0 aromatic heterocycles. The topological polar surface area (TPSA) is 61.1 Å². The number of nitrogens with zero attached hydrogens (tertiary/aromatic N) is 1. The number of rotatable bonds is 2. The summed E-state index contributed by atoms with van der Waals surface area (Å²) >= 11 is 0. The first-order chi connectivity index (χ1) is 6.89. The van der Waals surface area contributed by atoms with Gasteiger partial charge >= 0.3 is 5.97 Å². The molecule has 1 aliphatic rings. The average molecular weight is 209 g/mol. The Morgan fingerprint density at radius 3 is 2.53 bits per heavy atom. The van der Waals surface area contributed by atoms with E-state index in [0.29, 0.717) is 5.92 Å². The maximum Gasteiger partial charge on any atom is 0.309 e. The fraction of sp³-hybridized carbons (Fsp3) is 0.833. The lowest BCUT2D eigenvalue weighted by Gasteiger charge is -2.39. The number of aliphatic carboxylic acids is 1. The molecule has 0 aromatic rings. The highest BCUT2D eigenvalue weighted by Crippen LogP contribution is 2.43. The molecule has 0 aromatic carbocycles. The van der Waals surface area contributed by atoms with E-state index < -0.39 is 11.4 Å². The molecular formula is C12H19NO2. The number of nitriles is 1. The van der Waals surface area contributed by atoms with Crippen molar-refractivity contribution >= 4 is 5.97 Å². The maximum atomic E-state index is 11.2. The molecule has 84 valence electrons. The zero-order valence-electron chi connectivity index (χ0n) is 9.66. The van der Waals surface area contributed by atoms with Crippen LogP contribution in [0.15, 0.2) is 0 Å². The van der Waals surface area contributed by atoms with Gasteiger partial charge in [-0.1, -0.05) is 6.92 Å². The van der Waals surface area contributed by atoms with E-state index in [9.17, 15) is 9.90 Å². The minimum Gasteiger partial charge on any atom is -0.481 e. The highest BCUT2D eigenvalue weighted by Gasteiger charge is 2.43. The van der Waals surface area contributed by atoms with E-state index in [-0.39, 0.29) is 11.8 Å². The van der Waals surface area contributed by atoms with Gasteiger partial charge in [0.25, 0.3) is 0 Å². The second-order valence-electron chi connectivity index (χ2n) is 5.29. The maximum absolute atomic E-state index is 11.2. The van der Waals surface area contributed by atoms with E-state index in [1.165, 1.54) is 0 Å². The van der Waals surface area contributed by atoms with E-state index in [1.807, 2.05) is 0 Å². The highest BCUT2D eigenvalue weighted by molar-refractivity contribution is 5.74. The van der Waals surface area contributed by atoms with E-state index in [4.69, 9.17) is 5.26 Å². The largest absolute Gasteiger partial charge is 0.481 e. The summed E-state index contributed by atoms with van der Waals surface area (Å²) in [6.07, 6.45) is 2.75. The first-order valence-corrected chi connectivity index (χ1v) is 5.52. The predicted octanol–water partition coefficient (Wildman–Crippen LogP) is 2.67. The van der Waals surface area contributed by atoms with Gasteiger partial charge in [-0.05, 0) is 44.9 Å². The van der Waals surface area contributed by atoms with Gasteiger partial charge < -0.3 is 5.11 Å². The Morgan fingerprint density at radius 1 is 1.47 bits per heavy atom. The quantitative estimate of drug-likeness (QED) is 0.760. The van der Waals surface area contributed by atoms with Crippen LogP contribution in [0.2, 0.25) is 0 Å². The monoisotopic (exact) mass is 209 g/mol. The molecule has 1 fully saturated rings. The summed E-state index contributed by atoms with van der Waals surface area (Å²) in [7, 11) is 0. The lowest BCUT2D eigenvalue weighted by Crippen LogP contribution is -2.40. The Kier molecular flexibility index (Phi) is 3.38. The molecule has 0 aliphatic heterocycles. The third kappa shape index (κ3) is 2.31. The minimum absolute atomic E-state index is 0.0104. The Morgan fingerprint density at radius 2 is 2.07 bits per heavy atom. The fourth-order valence-corrected chi connectivity index (χ4v) is 2.49. The van der Waals surface area contributed by atoms with E-state index >= 15 is 0 Å². The molecule has 0 amide bonds. The molecule has 3 atom stereocenters. The minimum atomic E-state index is -0.790. The SMILES string of the molecule is CC1CCC(C#N)C(C(C)(C)C(=O)O)C1. The molecule has 0 spiro atoms. The summed E-state index contributed by atoms with van der Waals surface area (Å²) in [6, 6.07) is 2.27. The summed E-state index contributed by atoms with van der Waals surface area (Å²) in [5.74, 6) is -0.351. The van der Waals surface area contributed by atoms with Gasteiger partial charge in [0.15, 0.2) is 0 Å². The number of carboxylic acid groups (broad SMARTS) is 1. The third-order valence-electron chi connectivity index (χ3n) is 3.76. The van der Waals surface area contributed by atoms with Gasteiger partial charge in [0.2, 0.25) is 0 Å². The van der Waals surface area contributed by atoms with Crippen LogP contribution in [0.1, 0.15) is 40.0 Å². The van der Waals surface area contributed by atoms with Crippen molar-refractivity contribution in [2.24, 2.45) is 23.2 Å². The molecule has 1 aliphatic carbocycles. The molecule has 0 saturated heterocycles. The van der Waals surface area contributed by atoms with Crippen LogP contribution in [0.4, 0.5) is 0 Å². The van der Waals surface area contributed by atoms with Crippen LogP contribution in [0.3, 0.4) is 0 Å². The van der Waals surface area contributed by atoms with Crippen molar-refractivity contribution < 1.29 is 9.90 Å². The summed E-state index contributed by atoms with van der Waals surface area (Å²) in [6.45, 7) is 5.61. The molecule has 0 heterocycles.